The third-order valence-corrected chi connectivity index (χ3v) is 0.873. The van der Waals surface area contributed by atoms with Crippen molar-refractivity contribution in [1.29, 1.82) is 0 Å². The van der Waals surface area contributed by atoms with Crippen LogP contribution in [0.25, 0.3) is 0 Å². The quantitative estimate of drug-likeness (QED) is 0.337. The van der Waals surface area contributed by atoms with Crippen molar-refractivity contribution in [1.82, 2.24) is 0 Å². The lowest BCUT2D eigenvalue weighted by molar-refractivity contribution is -0.00894. The van der Waals surface area contributed by atoms with Crippen molar-refractivity contribution in [2.24, 2.45) is 5.73 Å². The molecule has 0 amide bonds. The summed E-state index contributed by atoms with van der Waals surface area (Å²) in [5.41, 5.74) is 4.93. The predicted molar refractivity (Wildman–Crippen MR) is 28.2 cm³/mol. The minimum atomic E-state index is -1.10. The van der Waals surface area contributed by atoms with Gasteiger partial charge >= 0.3 is 0 Å². The van der Waals surface area contributed by atoms with Gasteiger partial charge < -0.3 is 21.1 Å². The predicted octanol–water partition coefficient (Wildman–Crippen LogP) is -2.34. The highest BCUT2D eigenvalue weighted by Gasteiger charge is 2.11. The Kier molecular flexibility index (Phi) is 3.72. The van der Waals surface area contributed by atoms with Gasteiger partial charge in [0.15, 0.2) is 0 Å². The molecule has 0 spiro atoms. The molecule has 0 saturated carbocycles. The number of nitrogens with two attached hydrogens (primary N) is 1. The first kappa shape index (κ1) is 7.84. The minimum Gasteiger partial charge on any atom is -0.394 e. The van der Waals surface area contributed by atoms with Crippen molar-refractivity contribution in [2.75, 3.05) is 13.2 Å². The standard InChI is InChI=1S/C4H11NO3/c5-1-3(7)4(8)2-6/h3-4,6-8H,1-2,5H2/t3-,4+/m1/s1. The molecule has 2 atom stereocenters. The van der Waals surface area contributed by atoms with E-state index in [1.54, 1.807) is 0 Å². The van der Waals surface area contributed by atoms with E-state index in [9.17, 15) is 0 Å². The van der Waals surface area contributed by atoms with Crippen LogP contribution in [0.5, 0.6) is 0 Å². The van der Waals surface area contributed by atoms with Crippen LogP contribution in [-0.2, 0) is 0 Å². The maximum Gasteiger partial charge on any atom is 0.104 e. The zero-order valence-corrected chi connectivity index (χ0v) is 4.49. The van der Waals surface area contributed by atoms with E-state index in [0.717, 1.165) is 0 Å². The molecule has 0 aliphatic heterocycles. The van der Waals surface area contributed by atoms with Crippen LogP contribution in [0.1, 0.15) is 0 Å². The van der Waals surface area contributed by atoms with Gasteiger partial charge in [0.2, 0.25) is 0 Å². The van der Waals surface area contributed by atoms with E-state index in [0.29, 0.717) is 0 Å². The van der Waals surface area contributed by atoms with Crippen molar-refractivity contribution in [2.45, 2.75) is 12.2 Å². The molecule has 4 nitrogen and oxygen atoms in total. The van der Waals surface area contributed by atoms with Gasteiger partial charge in [-0.25, -0.2) is 0 Å². The second-order valence-corrected chi connectivity index (χ2v) is 1.55. The van der Waals surface area contributed by atoms with Gasteiger partial charge in [-0.3, -0.25) is 0 Å². The number of hydrogen-bond acceptors (Lipinski definition) is 4. The number of aliphatic hydroxyl groups is 3. The summed E-state index contributed by atoms with van der Waals surface area (Å²) < 4.78 is 0. The molecule has 0 fully saturated rings. The number of aliphatic hydroxyl groups excluding tert-OH is 3. The second-order valence-electron chi connectivity index (χ2n) is 1.55. The zero-order chi connectivity index (χ0) is 6.57. The Labute approximate surface area is 47.6 Å². The van der Waals surface area contributed by atoms with Crippen LogP contribution in [0.3, 0.4) is 0 Å². The molecular formula is C4H11NO3. The van der Waals surface area contributed by atoms with Gasteiger partial charge in [0, 0.05) is 6.54 Å². The SMILES string of the molecule is NC[C@@H](O)[C@@H](O)CO. The molecule has 5 N–H and O–H groups in total. The maximum atomic E-state index is 8.59. The van der Waals surface area contributed by atoms with Crippen LogP contribution in [0.2, 0.25) is 0 Å². The molecule has 0 saturated heterocycles. The Balaban J connectivity index is 3.29. The summed E-state index contributed by atoms with van der Waals surface area (Å²) in [7, 11) is 0. The van der Waals surface area contributed by atoms with Crippen LogP contribution in [0.4, 0.5) is 0 Å². The topological polar surface area (TPSA) is 86.7 Å². The molecule has 0 heterocycles. The van der Waals surface area contributed by atoms with Gasteiger partial charge in [-0.2, -0.15) is 0 Å². The first-order chi connectivity index (χ1) is 3.72. The summed E-state index contributed by atoms with van der Waals surface area (Å²) in [5.74, 6) is 0. The third-order valence-electron chi connectivity index (χ3n) is 0.873. The van der Waals surface area contributed by atoms with Gasteiger partial charge in [-0.15, -0.1) is 0 Å². The Morgan fingerprint density at radius 2 is 1.75 bits per heavy atom. The molecule has 0 aromatic heterocycles. The highest BCUT2D eigenvalue weighted by Crippen LogP contribution is 1.87. The third kappa shape index (κ3) is 2.23. The van der Waals surface area contributed by atoms with E-state index >= 15 is 0 Å². The number of rotatable bonds is 3. The van der Waals surface area contributed by atoms with Crippen molar-refractivity contribution < 1.29 is 15.3 Å². The van der Waals surface area contributed by atoms with E-state index in [1.807, 2.05) is 0 Å². The summed E-state index contributed by atoms with van der Waals surface area (Å²) in [5, 5.41) is 25.3. The lowest BCUT2D eigenvalue weighted by Gasteiger charge is -2.11. The molecule has 4 heteroatoms. The number of hydrogen-bond donors (Lipinski definition) is 4. The van der Waals surface area contributed by atoms with E-state index in [4.69, 9.17) is 21.1 Å². The summed E-state index contributed by atoms with van der Waals surface area (Å²) in [6.45, 7) is -0.472. The minimum absolute atomic E-state index is 0.0261. The largest absolute Gasteiger partial charge is 0.394 e. The monoisotopic (exact) mass is 121 g/mol. The molecule has 0 aromatic rings. The summed E-state index contributed by atoms with van der Waals surface area (Å²) in [4.78, 5) is 0. The lowest BCUT2D eigenvalue weighted by atomic mass is 10.2. The summed E-state index contributed by atoms with van der Waals surface area (Å²) >= 11 is 0. The van der Waals surface area contributed by atoms with Crippen molar-refractivity contribution in [3.8, 4) is 0 Å². The van der Waals surface area contributed by atoms with Crippen molar-refractivity contribution >= 4 is 0 Å². The molecule has 0 unspecified atom stereocenters. The van der Waals surface area contributed by atoms with Gasteiger partial charge in [-0.05, 0) is 0 Å². The Morgan fingerprint density at radius 3 is 1.88 bits per heavy atom. The fourth-order valence-electron chi connectivity index (χ4n) is 0.279. The Morgan fingerprint density at radius 1 is 1.25 bits per heavy atom. The van der Waals surface area contributed by atoms with Crippen LogP contribution in [-0.4, -0.2) is 40.7 Å². The molecule has 8 heavy (non-hydrogen) atoms. The van der Waals surface area contributed by atoms with E-state index in [1.165, 1.54) is 0 Å². The van der Waals surface area contributed by atoms with Gasteiger partial charge in [-0.1, -0.05) is 0 Å². The Bertz CT molecular complexity index is 51.2. The molecule has 50 valence electrons. The van der Waals surface area contributed by atoms with Crippen LogP contribution >= 0.6 is 0 Å². The lowest BCUT2D eigenvalue weighted by Crippen LogP contribution is -2.35. The first-order valence-corrected chi connectivity index (χ1v) is 2.39. The molecule has 0 aliphatic carbocycles. The van der Waals surface area contributed by atoms with E-state index in [-0.39, 0.29) is 6.54 Å². The fourth-order valence-corrected chi connectivity index (χ4v) is 0.279. The molecule has 0 aromatic carbocycles. The van der Waals surface area contributed by atoms with Crippen molar-refractivity contribution in [3.63, 3.8) is 0 Å². The normalized spacial score (nSPS) is 18.0. The highest BCUT2D eigenvalue weighted by atomic mass is 16.4. The van der Waals surface area contributed by atoms with Crippen LogP contribution in [0.15, 0.2) is 0 Å². The van der Waals surface area contributed by atoms with Crippen LogP contribution < -0.4 is 5.73 Å². The van der Waals surface area contributed by atoms with Gasteiger partial charge in [0.05, 0.1) is 12.7 Å². The highest BCUT2D eigenvalue weighted by molar-refractivity contribution is 4.64. The summed E-state index contributed by atoms with van der Waals surface area (Å²) in [6, 6.07) is 0. The molecule has 0 aliphatic rings. The fraction of sp³-hybridized carbons (Fsp3) is 1.00. The second kappa shape index (κ2) is 3.80. The molecule has 0 radical (unpaired) electrons. The smallest absolute Gasteiger partial charge is 0.104 e. The van der Waals surface area contributed by atoms with Gasteiger partial charge in [0.25, 0.3) is 0 Å². The first-order valence-electron chi connectivity index (χ1n) is 2.39. The van der Waals surface area contributed by atoms with E-state index < -0.39 is 18.8 Å². The molecular weight excluding hydrogens is 110 g/mol. The maximum absolute atomic E-state index is 8.59. The van der Waals surface area contributed by atoms with Crippen molar-refractivity contribution in [3.05, 3.63) is 0 Å². The molecule has 0 rings (SSSR count). The zero-order valence-electron chi connectivity index (χ0n) is 4.49. The van der Waals surface area contributed by atoms with Crippen LogP contribution in [0, 0.1) is 0 Å². The Hall–Kier alpha value is -0.160. The summed E-state index contributed by atoms with van der Waals surface area (Å²) in [6.07, 6.45) is -2.10. The average molecular weight is 121 g/mol. The van der Waals surface area contributed by atoms with Gasteiger partial charge in [0.1, 0.15) is 6.10 Å². The molecule has 0 bridgehead atoms. The van der Waals surface area contributed by atoms with E-state index in [2.05, 4.69) is 0 Å². The average Bonchev–Trinajstić information content (AvgIpc) is 1.84.